The van der Waals surface area contributed by atoms with Crippen molar-refractivity contribution in [2.75, 3.05) is 0 Å². The highest BCUT2D eigenvalue weighted by atomic mass is 32.2. The predicted octanol–water partition coefficient (Wildman–Crippen LogP) is 2.80. The van der Waals surface area contributed by atoms with Crippen molar-refractivity contribution in [2.45, 2.75) is 23.2 Å². The van der Waals surface area contributed by atoms with Gasteiger partial charge < -0.3 is 5.73 Å². The van der Waals surface area contributed by atoms with Gasteiger partial charge in [-0.2, -0.15) is 0 Å². The van der Waals surface area contributed by atoms with E-state index in [0.29, 0.717) is 0 Å². The summed E-state index contributed by atoms with van der Waals surface area (Å²) in [7, 11) is 0. The van der Waals surface area contributed by atoms with Crippen LogP contribution in [0.3, 0.4) is 0 Å². The molecular weight excluding hydrogens is 249 g/mol. The molecule has 0 aliphatic carbocycles. The lowest BCUT2D eigenvalue weighted by atomic mass is 10.1. The summed E-state index contributed by atoms with van der Waals surface area (Å²) in [4.78, 5) is 8.04. The van der Waals surface area contributed by atoms with Crippen molar-refractivity contribution in [3.63, 3.8) is 0 Å². The van der Waals surface area contributed by atoms with E-state index in [1.54, 1.807) is 30.1 Å². The number of nitrogens with zero attached hydrogens (tertiary/aromatic N) is 2. The lowest BCUT2D eigenvalue weighted by molar-refractivity contribution is 0.625. The van der Waals surface area contributed by atoms with Gasteiger partial charge >= 0.3 is 0 Å². The fourth-order valence-corrected chi connectivity index (χ4v) is 2.63. The molecule has 1 aromatic carbocycles. The molecule has 0 saturated heterocycles. The van der Waals surface area contributed by atoms with Crippen LogP contribution in [0.1, 0.15) is 17.7 Å². The van der Waals surface area contributed by atoms with Crippen LogP contribution in [0.2, 0.25) is 0 Å². The van der Waals surface area contributed by atoms with Gasteiger partial charge in [-0.15, -0.1) is 0 Å². The smallest absolute Gasteiger partial charge is 0.123 e. The summed E-state index contributed by atoms with van der Waals surface area (Å²) in [5.74, 6) is -0.241. The number of halogens is 1. The molecule has 3 nitrogen and oxygen atoms in total. The van der Waals surface area contributed by atoms with Gasteiger partial charge in [0.2, 0.25) is 0 Å². The Morgan fingerprint density at radius 1 is 1.22 bits per heavy atom. The van der Waals surface area contributed by atoms with E-state index in [9.17, 15) is 4.39 Å². The summed E-state index contributed by atoms with van der Waals surface area (Å²) in [6.45, 7) is 1.93. The predicted molar refractivity (Wildman–Crippen MR) is 70.7 cm³/mol. The van der Waals surface area contributed by atoms with Crippen LogP contribution in [0.5, 0.6) is 0 Å². The number of thioether (sulfide) groups is 1. The molecule has 2 unspecified atom stereocenters. The second kappa shape index (κ2) is 5.93. The summed E-state index contributed by atoms with van der Waals surface area (Å²) in [6, 6.07) is 8.20. The number of hydrogen-bond donors (Lipinski definition) is 1. The fourth-order valence-electron chi connectivity index (χ4n) is 1.61. The van der Waals surface area contributed by atoms with E-state index >= 15 is 0 Å². The molecule has 18 heavy (non-hydrogen) atoms. The topological polar surface area (TPSA) is 51.8 Å². The minimum Gasteiger partial charge on any atom is -0.327 e. The van der Waals surface area contributed by atoms with Gasteiger partial charge in [-0.3, -0.25) is 0 Å². The number of rotatable bonds is 4. The quantitative estimate of drug-likeness (QED) is 0.680. The largest absolute Gasteiger partial charge is 0.327 e. The molecule has 2 rings (SSSR count). The molecule has 0 aliphatic rings. The summed E-state index contributed by atoms with van der Waals surface area (Å²) in [6.07, 6.45) is 3.20. The first-order valence-corrected chi connectivity index (χ1v) is 6.48. The molecule has 94 valence electrons. The Morgan fingerprint density at radius 2 is 1.94 bits per heavy atom. The molecule has 0 bridgehead atoms. The van der Waals surface area contributed by atoms with Crippen molar-refractivity contribution in [3.8, 4) is 0 Å². The maximum Gasteiger partial charge on any atom is 0.123 e. The normalized spacial score (nSPS) is 14.2. The standard InChI is InChI=1S/C13H14FN3S/c1-9(15)13(10-2-4-11(14)5-3-10)18-12-6-7-16-8-17-12/h2-9,13H,15H2,1H3. The molecule has 2 aromatic rings. The van der Waals surface area contributed by atoms with Crippen molar-refractivity contribution in [1.29, 1.82) is 0 Å². The van der Waals surface area contributed by atoms with Crippen LogP contribution in [-0.2, 0) is 0 Å². The van der Waals surface area contributed by atoms with Crippen LogP contribution in [0.15, 0.2) is 47.9 Å². The van der Waals surface area contributed by atoms with Gasteiger partial charge in [0.1, 0.15) is 12.1 Å². The molecule has 0 fully saturated rings. The first kappa shape index (κ1) is 13.0. The molecule has 0 spiro atoms. The van der Waals surface area contributed by atoms with E-state index in [1.807, 2.05) is 13.0 Å². The van der Waals surface area contributed by atoms with E-state index in [2.05, 4.69) is 9.97 Å². The first-order valence-electron chi connectivity index (χ1n) is 5.60. The molecule has 1 heterocycles. The number of nitrogens with two attached hydrogens (primary N) is 1. The fraction of sp³-hybridized carbons (Fsp3) is 0.231. The molecule has 2 atom stereocenters. The monoisotopic (exact) mass is 263 g/mol. The zero-order chi connectivity index (χ0) is 13.0. The van der Waals surface area contributed by atoms with Gasteiger partial charge in [0.05, 0.1) is 10.3 Å². The minimum atomic E-state index is -0.241. The van der Waals surface area contributed by atoms with Gasteiger partial charge in [-0.05, 0) is 30.7 Å². The van der Waals surface area contributed by atoms with E-state index in [1.165, 1.54) is 18.5 Å². The van der Waals surface area contributed by atoms with Crippen LogP contribution in [0, 0.1) is 5.82 Å². The Balaban J connectivity index is 2.21. The molecule has 5 heteroatoms. The number of aromatic nitrogens is 2. The Bertz CT molecular complexity index is 487. The van der Waals surface area contributed by atoms with Gasteiger partial charge in [-0.1, -0.05) is 23.9 Å². The zero-order valence-corrected chi connectivity index (χ0v) is 10.8. The highest BCUT2D eigenvalue weighted by Gasteiger charge is 2.18. The Kier molecular flexibility index (Phi) is 4.28. The van der Waals surface area contributed by atoms with E-state index < -0.39 is 0 Å². The van der Waals surface area contributed by atoms with Crippen molar-refractivity contribution in [2.24, 2.45) is 5.73 Å². The molecular formula is C13H14FN3S. The third kappa shape index (κ3) is 3.27. The van der Waals surface area contributed by atoms with E-state index in [4.69, 9.17) is 5.73 Å². The van der Waals surface area contributed by atoms with Crippen molar-refractivity contribution < 1.29 is 4.39 Å². The van der Waals surface area contributed by atoms with E-state index in [0.717, 1.165) is 10.6 Å². The van der Waals surface area contributed by atoms with Crippen LogP contribution < -0.4 is 5.73 Å². The number of benzene rings is 1. The third-order valence-electron chi connectivity index (χ3n) is 2.48. The molecule has 0 radical (unpaired) electrons. The molecule has 0 aliphatic heterocycles. The SMILES string of the molecule is CC(N)C(Sc1ccncn1)c1ccc(F)cc1. The average molecular weight is 263 g/mol. The highest BCUT2D eigenvalue weighted by molar-refractivity contribution is 7.99. The minimum absolute atomic E-state index is 0.0421. The lowest BCUT2D eigenvalue weighted by Crippen LogP contribution is -2.22. The summed E-state index contributed by atoms with van der Waals surface area (Å²) in [5, 5.41) is 0.900. The van der Waals surface area contributed by atoms with Gasteiger partial charge in [0.15, 0.2) is 0 Å². The highest BCUT2D eigenvalue weighted by Crippen LogP contribution is 2.35. The Hall–Kier alpha value is -1.46. The lowest BCUT2D eigenvalue weighted by Gasteiger charge is -2.20. The maximum atomic E-state index is 12.9. The van der Waals surface area contributed by atoms with E-state index in [-0.39, 0.29) is 17.1 Å². The summed E-state index contributed by atoms with van der Waals surface area (Å²) >= 11 is 1.56. The van der Waals surface area contributed by atoms with Crippen LogP contribution in [-0.4, -0.2) is 16.0 Å². The van der Waals surface area contributed by atoms with Crippen molar-refractivity contribution >= 4 is 11.8 Å². The third-order valence-corrected chi connectivity index (χ3v) is 3.92. The number of hydrogen-bond acceptors (Lipinski definition) is 4. The first-order chi connectivity index (χ1) is 8.66. The molecule has 0 amide bonds. The van der Waals surface area contributed by atoms with Crippen LogP contribution in [0.25, 0.3) is 0 Å². The molecule has 0 saturated carbocycles. The molecule has 1 aromatic heterocycles. The van der Waals surface area contributed by atoms with Gasteiger partial charge in [-0.25, -0.2) is 14.4 Å². The zero-order valence-electron chi connectivity index (χ0n) is 9.95. The van der Waals surface area contributed by atoms with Crippen molar-refractivity contribution in [1.82, 2.24) is 9.97 Å². The Labute approximate surface area is 110 Å². The second-order valence-electron chi connectivity index (χ2n) is 4.00. The van der Waals surface area contributed by atoms with Gasteiger partial charge in [0, 0.05) is 12.2 Å². The average Bonchev–Trinajstić information content (AvgIpc) is 2.38. The van der Waals surface area contributed by atoms with Crippen LogP contribution >= 0.6 is 11.8 Å². The van der Waals surface area contributed by atoms with Gasteiger partial charge in [0.25, 0.3) is 0 Å². The second-order valence-corrected chi connectivity index (χ2v) is 5.16. The Morgan fingerprint density at radius 3 is 2.50 bits per heavy atom. The summed E-state index contributed by atoms with van der Waals surface area (Å²) in [5.41, 5.74) is 6.99. The maximum absolute atomic E-state index is 12.9. The van der Waals surface area contributed by atoms with Crippen molar-refractivity contribution in [3.05, 3.63) is 54.2 Å². The van der Waals surface area contributed by atoms with Crippen LogP contribution in [0.4, 0.5) is 4.39 Å². The molecule has 2 N–H and O–H groups in total. The summed E-state index contributed by atoms with van der Waals surface area (Å²) < 4.78 is 12.9.